The van der Waals surface area contributed by atoms with Crippen molar-refractivity contribution >= 4 is 11.9 Å². The topological polar surface area (TPSA) is 52.6 Å². The lowest BCUT2D eigenvalue weighted by molar-refractivity contribution is -0.167. The molecule has 0 rings (SSSR count). The highest BCUT2D eigenvalue weighted by molar-refractivity contribution is 5.76. The van der Waals surface area contributed by atoms with Gasteiger partial charge in [-0.3, -0.25) is 9.59 Å². The van der Waals surface area contributed by atoms with E-state index in [1.165, 1.54) is 0 Å². The molecule has 0 unspecified atom stereocenters. The third-order valence-electron chi connectivity index (χ3n) is 7.70. The van der Waals surface area contributed by atoms with Crippen molar-refractivity contribution in [2.45, 2.75) is 148 Å². The van der Waals surface area contributed by atoms with Crippen molar-refractivity contribution in [2.24, 2.45) is 34.5 Å². The largest absolute Gasteiger partial charge is 0.461 e. The molecule has 0 fully saturated rings. The summed E-state index contributed by atoms with van der Waals surface area (Å²) in [6.07, 6.45) is 6.08. The van der Waals surface area contributed by atoms with E-state index in [0.717, 1.165) is 38.5 Å². The lowest BCUT2D eigenvalue weighted by Crippen LogP contribution is -2.38. The van der Waals surface area contributed by atoms with E-state index in [9.17, 15) is 9.59 Å². The van der Waals surface area contributed by atoms with Crippen LogP contribution in [0.5, 0.6) is 0 Å². The minimum atomic E-state index is -0.365. The summed E-state index contributed by atoms with van der Waals surface area (Å²) in [5.41, 5.74) is -0.724. The number of hydrogen-bond acceptors (Lipinski definition) is 4. The Morgan fingerprint density at radius 2 is 0.824 bits per heavy atom. The normalized spacial score (nSPS) is 12.6. The predicted molar refractivity (Wildman–Crippen MR) is 146 cm³/mol. The van der Waals surface area contributed by atoms with E-state index < -0.39 is 0 Å². The SMILES string of the molecule is CCC(C)(C)C(=O)OC(C(C)C)C(C)C.CCC(CC)C(OC(=O)C(C)(C)CC)C(CC)CC. The second kappa shape index (κ2) is 16.6. The van der Waals surface area contributed by atoms with Crippen LogP contribution in [-0.4, -0.2) is 24.1 Å². The molecule has 0 aromatic carbocycles. The molecule has 0 bridgehead atoms. The molecule has 0 spiro atoms. The van der Waals surface area contributed by atoms with Crippen molar-refractivity contribution in [1.29, 1.82) is 0 Å². The van der Waals surface area contributed by atoms with Crippen LogP contribution in [0.25, 0.3) is 0 Å². The summed E-state index contributed by atoms with van der Waals surface area (Å²) >= 11 is 0. The van der Waals surface area contributed by atoms with Gasteiger partial charge < -0.3 is 9.47 Å². The molecule has 0 atom stereocenters. The first kappa shape index (κ1) is 35.1. The van der Waals surface area contributed by atoms with Crippen molar-refractivity contribution in [3.63, 3.8) is 0 Å². The van der Waals surface area contributed by atoms with E-state index >= 15 is 0 Å². The fourth-order valence-corrected chi connectivity index (χ4v) is 3.98. The maximum Gasteiger partial charge on any atom is 0.311 e. The molecule has 0 aliphatic carbocycles. The number of rotatable bonds is 14. The van der Waals surface area contributed by atoms with Gasteiger partial charge in [0.15, 0.2) is 0 Å². The van der Waals surface area contributed by atoms with Gasteiger partial charge in [-0.2, -0.15) is 0 Å². The van der Waals surface area contributed by atoms with Gasteiger partial charge in [-0.1, -0.05) is 69.2 Å². The van der Waals surface area contributed by atoms with Crippen LogP contribution in [0.1, 0.15) is 135 Å². The molecule has 0 saturated heterocycles. The average Bonchev–Trinajstić information content (AvgIpc) is 2.78. The van der Waals surface area contributed by atoms with Gasteiger partial charge in [0.2, 0.25) is 0 Å². The quantitative estimate of drug-likeness (QED) is 0.231. The summed E-state index contributed by atoms with van der Waals surface area (Å²) in [6.45, 7) is 29.1. The molecule has 0 heterocycles. The fourth-order valence-electron chi connectivity index (χ4n) is 3.98. The van der Waals surface area contributed by atoms with Crippen molar-refractivity contribution in [2.75, 3.05) is 0 Å². The molecule has 4 nitrogen and oxygen atoms in total. The Morgan fingerprint density at radius 1 is 0.559 bits per heavy atom. The van der Waals surface area contributed by atoms with Crippen LogP contribution >= 0.6 is 0 Å². The van der Waals surface area contributed by atoms with Gasteiger partial charge in [0.25, 0.3) is 0 Å². The van der Waals surface area contributed by atoms with Crippen LogP contribution in [0, 0.1) is 34.5 Å². The number of carbonyl (C=O) groups is 2. The molecule has 0 aromatic rings. The first-order valence-electron chi connectivity index (χ1n) is 14.0. The second-order valence-electron chi connectivity index (χ2n) is 11.9. The molecular formula is C30H60O4. The summed E-state index contributed by atoms with van der Waals surface area (Å²) in [6, 6.07) is 0. The minimum absolute atomic E-state index is 0.0289. The van der Waals surface area contributed by atoms with E-state index in [1.54, 1.807) is 0 Å². The number of carbonyl (C=O) groups excluding carboxylic acids is 2. The van der Waals surface area contributed by atoms with E-state index in [0.29, 0.717) is 23.7 Å². The number of ether oxygens (including phenoxy) is 2. The maximum atomic E-state index is 12.4. The van der Waals surface area contributed by atoms with Gasteiger partial charge in [-0.15, -0.1) is 0 Å². The highest BCUT2D eigenvalue weighted by atomic mass is 16.5. The molecular weight excluding hydrogens is 424 g/mol. The number of esters is 2. The van der Waals surface area contributed by atoms with Gasteiger partial charge in [-0.05, 0) is 89.9 Å². The predicted octanol–water partition coefficient (Wildman–Crippen LogP) is 8.85. The Morgan fingerprint density at radius 3 is 1.03 bits per heavy atom. The van der Waals surface area contributed by atoms with Gasteiger partial charge in [-0.25, -0.2) is 0 Å². The first-order valence-corrected chi connectivity index (χ1v) is 14.0. The van der Waals surface area contributed by atoms with Gasteiger partial charge >= 0.3 is 11.9 Å². The standard InChI is InChI=1S/C17H34O2.C13H26O2/c1-8-13(9-2)15(14(10-3)11-4)19-16(18)17(6,7)12-5;1-8-13(6,7)12(14)15-11(9(2)3)10(4)5/h13-15H,8-12H2,1-7H3;9-11H,8H2,1-7H3. The van der Waals surface area contributed by atoms with Crippen molar-refractivity contribution in [3.8, 4) is 0 Å². The lowest BCUT2D eigenvalue weighted by atomic mass is 9.83. The van der Waals surface area contributed by atoms with Crippen LogP contribution in [-0.2, 0) is 19.1 Å². The Bertz CT molecular complexity index is 534. The smallest absolute Gasteiger partial charge is 0.311 e. The Kier molecular flexibility index (Phi) is 17.1. The van der Waals surface area contributed by atoms with Crippen LogP contribution in [0.3, 0.4) is 0 Å². The summed E-state index contributed by atoms with van der Waals surface area (Å²) in [5, 5.41) is 0. The van der Waals surface area contributed by atoms with Crippen molar-refractivity contribution in [3.05, 3.63) is 0 Å². The monoisotopic (exact) mass is 484 g/mol. The van der Waals surface area contributed by atoms with Gasteiger partial charge in [0, 0.05) is 0 Å². The molecule has 0 N–H and O–H groups in total. The molecule has 0 radical (unpaired) electrons. The fraction of sp³-hybridized carbons (Fsp3) is 0.933. The third kappa shape index (κ3) is 11.6. The van der Waals surface area contributed by atoms with Gasteiger partial charge in [0.05, 0.1) is 10.8 Å². The first-order chi connectivity index (χ1) is 15.6. The zero-order chi connectivity index (χ0) is 27.3. The highest BCUT2D eigenvalue weighted by Crippen LogP contribution is 2.31. The molecule has 4 heteroatoms. The molecule has 34 heavy (non-hydrogen) atoms. The van der Waals surface area contributed by atoms with Crippen molar-refractivity contribution in [1.82, 2.24) is 0 Å². The van der Waals surface area contributed by atoms with E-state index in [1.807, 2.05) is 41.5 Å². The lowest BCUT2D eigenvalue weighted by Gasteiger charge is -2.34. The average molecular weight is 485 g/mol. The minimum Gasteiger partial charge on any atom is -0.461 e. The van der Waals surface area contributed by atoms with E-state index in [-0.39, 0.29) is 35.0 Å². The molecule has 0 aliphatic rings. The Balaban J connectivity index is 0. The highest BCUT2D eigenvalue weighted by Gasteiger charge is 2.35. The zero-order valence-electron chi connectivity index (χ0n) is 25.3. The maximum absolute atomic E-state index is 12.4. The molecule has 0 aliphatic heterocycles. The summed E-state index contributed by atoms with van der Waals surface area (Å²) in [4.78, 5) is 24.2. The summed E-state index contributed by atoms with van der Waals surface area (Å²) in [7, 11) is 0. The van der Waals surface area contributed by atoms with Crippen LogP contribution in [0.4, 0.5) is 0 Å². The van der Waals surface area contributed by atoms with E-state index in [4.69, 9.17) is 9.47 Å². The Labute approximate surface area is 213 Å². The second-order valence-corrected chi connectivity index (χ2v) is 11.9. The van der Waals surface area contributed by atoms with Crippen molar-refractivity contribution < 1.29 is 19.1 Å². The van der Waals surface area contributed by atoms with Crippen LogP contribution in [0.15, 0.2) is 0 Å². The summed E-state index contributed by atoms with van der Waals surface area (Å²) < 4.78 is 11.5. The number of hydrogen-bond donors (Lipinski definition) is 0. The zero-order valence-corrected chi connectivity index (χ0v) is 25.3. The van der Waals surface area contributed by atoms with Crippen LogP contribution < -0.4 is 0 Å². The third-order valence-corrected chi connectivity index (χ3v) is 7.70. The molecule has 0 aromatic heterocycles. The van der Waals surface area contributed by atoms with Gasteiger partial charge in [0.1, 0.15) is 12.2 Å². The summed E-state index contributed by atoms with van der Waals surface area (Å²) in [5.74, 6) is 1.63. The van der Waals surface area contributed by atoms with E-state index in [2.05, 4.69) is 55.4 Å². The van der Waals surface area contributed by atoms with Crippen LogP contribution in [0.2, 0.25) is 0 Å². The molecule has 204 valence electrons. The Hall–Kier alpha value is -1.06. The molecule has 0 saturated carbocycles. The molecule has 0 amide bonds.